The molecule has 0 saturated carbocycles. The Balaban J connectivity index is 3.22. The Morgan fingerprint density at radius 1 is 0.906 bits per heavy atom. The number of carbonyl (C=O) groups is 1. The third-order valence-electron chi connectivity index (χ3n) is 6.51. The monoisotopic (exact) mass is 479 g/mol. The molecule has 0 amide bonds. The second kappa shape index (κ2) is 10.6. The Kier molecular flexibility index (Phi) is 9.40. The van der Waals surface area contributed by atoms with Gasteiger partial charge in [-0.2, -0.15) is 0 Å². The van der Waals surface area contributed by atoms with Crippen molar-refractivity contribution in [3.8, 4) is 11.5 Å². The van der Waals surface area contributed by atoms with Crippen LogP contribution in [0.5, 0.6) is 11.5 Å². The van der Waals surface area contributed by atoms with Gasteiger partial charge in [-0.1, -0.05) is 47.6 Å². The quantitative estimate of drug-likeness (QED) is 0.228. The van der Waals surface area contributed by atoms with Crippen LogP contribution in [0.2, 0.25) is 36.3 Å². The lowest BCUT2D eigenvalue weighted by Gasteiger charge is -2.39. The summed E-state index contributed by atoms with van der Waals surface area (Å²) in [6.07, 6.45) is 3.24. The summed E-state index contributed by atoms with van der Waals surface area (Å²) in [5, 5.41) is 0.138. The molecule has 1 rings (SSSR count). The molecule has 0 aliphatic carbocycles. The number of nitrogens with zero attached hydrogens (tertiary/aromatic N) is 1. The SMILES string of the molecule is CN(C)CCOC(=O)/C=C/c1ccc(O[Si](C)(C)C(C)(C)C)c(O[Si](C)(C)C(C)(C)C)c1. The van der Waals surface area contributed by atoms with Gasteiger partial charge in [-0.15, -0.1) is 0 Å². The van der Waals surface area contributed by atoms with Crippen molar-refractivity contribution < 1.29 is 18.4 Å². The summed E-state index contributed by atoms with van der Waals surface area (Å²) in [7, 11) is -0.226. The number of ether oxygens (including phenoxy) is 1. The highest BCUT2D eigenvalue weighted by molar-refractivity contribution is 6.75. The largest absolute Gasteiger partial charge is 0.541 e. The highest BCUT2D eigenvalue weighted by Gasteiger charge is 2.42. The summed E-state index contributed by atoms with van der Waals surface area (Å²) >= 11 is 0. The lowest BCUT2D eigenvalue weighted by atomic mass is 10.2. The Morgan fingerprint density at radius 2 is 1.41 bits per heavy atom. The summed E-state index contributed by atoms with van der Waals surface area (Å²) in [6.45, 7) is 23.4. The van der Waals surface area contributed by atoms with Crippen LogP contribution in [0.4, 0.5) is 0 Å². The summed E-state index contributed by atoms with van der Waals surface area (Å²) in [4.78, 5) is 14.0. The first kappa shape index (κ1) is 28.5. The fourth-order valence-electron chi connectivity index (χ4n) is 2.19. The van der Waals surface area contributed by atoms with Crippen molar-refractivity contribution in [1.29, 1.82) is 0 Å². The Morgan fingerprint density at radius 3 is 1.88 bits per heavy atom. The number of rotatable bonds is 9. The molecular weight excluding hydrogens is 434 g/mol. The van der Waals surface area contributed by atoms with E-state index < -0.39 is 16.6 Å². The maximum atomic E-state index is 12.0. The fraction of sp³-hybridized carbons (Fsp3) is 0.640. The van der Waals surface area contributed by atoms with E-state index in [2.05, 4.69) is 67.7 Å². The summed E-state index contributed by atoms with van der Waals surface area (Å²) in [6, 6.07) is 5.91. The Bertz CT molecular complexity index is 803. The minimum atomic E-state index is -2.08. The van der Waals surface area contributed by atoms with Crippen LogP contribution in [0, 0.1) is 0 Å². The minimum Gasteiger partial charge on any atom is -0.541 e. The number of hydrogen-bond acceptors (Lipinski definition) is 5. The molecule has 32 heavy (non-hydrogen) atoms. The second-order valence-corrected chi connectivity index (χ2v) is 21.2. The van der Waals surface area contributed by atoms with Crippen molar-refractivity contribution in [2.24, 2.45) is 0 Å². The molecule has 1 aromatic rings. The minimum absolute atomic E-state index is 0.0589. The number of likely N-dealkylation sites (N-methyl/N-ethyl adjacent to an activating group) is 1. The van der Waals surface area contributed by atoms with Crippen molar-refractivity contribution in [3.63, 3.8) is 0 Å². The smallest absolute Gasteiger partial charge is 0.330 e. The van der Waals surface area contributed by atoms with Gasteiger partial charge in [-0.25, -0.2) is 4.79 Å². The van der Waals surface area contributed by atoms with Crippen LogP contribution in [0.15, 0.2) is 24.3 Å². The van der Waals surface area contributed by atoms with Crippen LogP contribution in [-0.2, 0) is 9.53 Å². The van der Waals surface area contributed by atoms with Gasteiger partial charge < -0.3 is 18.5 Å². The molecule has 0 aromatic heterocycles. The molecule has 0 atom stereocenters. The lowest BCUT2D eigenvalue weighted by Crippen LogP contribution is -2.45. The number of esters is 1. The number of carbonyl (C=O) groups excluding carboxylic acids is 1. The maximum Gasteiger partial charge on any atom is 0.330 e. The van der Waals surface area contributed by atoms with Gasteiger partial charge in [-0.3, -0.25) is 0 Å². The van der Waals surface area contributed by atoms with E-state index in [0.717, 1.165) is 17.1 Å². The van der Waals surface area contributed by atoms with E-state index in [9.17, 15) is 4.79 Å². The zero-order chi connectivity index (χ0) is 25.0. The standard InChI is InChI=1S/C25H45NO4Si2/c1-24(2,3)31(9,10)29-21-15-13-20(14-16-23(27)28-18-17-26(7)8)19-22(21)30-32(11,12)25(4,5)6/h13-16,19H,17-18H2,1-12H3/b16-14+. The summed E-state index contributed by atoms with van der Waals surface area (Å²) < 4.78 is 18.5. The summed E-state index contributed by atoms with van der Waals surface area (Å²) in [5.41, 5.74) is 0.880. The first-order chi connectivity index (χ1) is 14.4. The predicted octanol–water partition coefficient (Wildman–Crippen LogP) is 6.57. The molecule has 0 fully saturated rings. The molecule has 0 saturated heterocycles. The van der Waals surface area contributed by atoms with Crippen LogP contribution in [0.25, 0.3) is 6.08 Å². The third kappa shape index (κ3) is 8.41. The van der Waals surface area contributed by atoms with Crippen LogP contribution < -0.4 is 8.85 Å². The van der Waals surface area contributed by atoms with Gasteiger partial charge in [0.2, 0.25) is 0 Å². The number of hydrogen-bond donors (Lipinski definition) is 0. The molecule has 0 spiro atoms. The molecular formula is C25H45NO4Si2. The Hall–Kier alpha value is -1.58. The third-order valence-corrected chi connectivity index (χ3v) is 15.2. The zero-order valence-corrected chi connectivity index (χ0v) is 24.4. The first-order valence-electron chi connectivity index (χ1n) is 11.4. The Labute approximate surface area is 198 Å². The van der Waals surface area contributed by atoms with Crippen molar-refractivity contribution in [2.75, 3.05) is 27.2 Å². The molecule has 0 unspecified atom stereocenters. The molecule has 0 N–H and O–H groups in total. The molecule has 5 nitrogen and oxygen atoms in total. The maximum absolute atomic E-state index is 12.0. The molecule has 182 valence electrons. The van der Waals surface area contributed by atoms with Crippen LogP contribution in [0.1, 0.15) is 47.1 Å². The normalized spacial score (nSPS) is 13.5. The van der Waals surface area contributed by atoms with Gasteiger partial charge >= 0.3 is 5.97 Å². The highest BCUT2D eigenvalue weighted by Crippen LogP contribution is 2.43. The van der Waals surface area contributed by atoms with Gasteiger partial charge in [0.25, 0.3) is 16.6 Å². The first-order valence-corrected chi connectivity index (χ1v) is 17.2. The van der Waals surface area contributed by atoms with E-state index in [1.165, 1.54) is 6.08 Å². The average Bonchev–Trinajstić information content (AvgIpc) is 2.59. The van der Waals surface area contributed by atoms with E-state index in [-0.39, 0.29) is 16.0 Å². The summed E-state index contributed by atoms with van der Waals surface area (Å²) in [5.74, 6) is 1.19. The predicted molar refractivity (Wildman–Crippen MR) is 141 cm³/mol. The van der Waals surface area contributed by atoms with Crippen molar-refractivity contribution in [3.05, 3.63) is 29.8 Å². The van der Waals surface area contributed by atoms with E-state index in [0.29, 0.717) is 13.2 Å². The molecule has 0 aliphatic heterocycles. The van der Waals surface area contributed by atoms with Crippen molar-refractivity contribution in [1.82, 2.24) is 4.90 Å². The van der Waals surface area contributed by atoms with Crippen LogP contribution >= 0.6 is 0 Å². The molecule has 1 aromatic carbocycles. The van der Waals surface area contributed by atoms with E-state index in [1.807, 2.05) is 37.2 Å². The fourth-order valence-corrected chi connectivity index (χ4v) is 4.23. The van der Waals surface area contributed by atoms with Gasteiger partial charge in [0.1, 0.15) is 18.1 Å². The van der Waals surface area contributed by atoms with Crippen LogP contribution in [0.3, 0.4) is 0 Å². The van der Waals surface area contributed by atoms with Gasteiger partial charge in [0, 0.05) is 12.6 Å². The lowest BCUT2D eigenvalue weighted by molar-refractivity contribution is -0.137. The van der Waals surface area contributed by atoms with E-state index in [1.54, 1.807) is 6.08 Å². The zero-order valence-electron chi connectivity index (χ0n) is 22.4. The topological polar surface area (TPSA) is 48.0 Å². The van der Waals surface area contributed by atoms with Gasteiger partial charge in [0.15, 0.2) is 0 Å². The molecule has 0 radical (unpaired) electrons. The van der Waals surface area contributed by atoms with Crippen molar-refractivity contribution >= 4 is 28.7 Å². The molecule has 0 bridgehead atoms. The van der Waals surface area contributed by atoms with Gasteiger partial charge in [-0.05, 0) is 74.1 Å². The molecule has 7 heteroatoms. The second-order valence-electron chi connectivity index (χ2n) is 11.7. The highest BCUT2D eigenvalue weighted by atomic mass is 28.4. The van der Waals surface area contributed by atoms with Gasteiger partial charge in [0.05, 0.1) is 0 Å². The molecule has 0 aliphatic rings. The van der Waals surface area contributed by atoms with Crippen LogP contribution in [-0.4, -0.2) is 54.8 Å². The van der Waals surface area contributed by atoms with Crippen molar-refractivity contribution in [2.45, 2.75) is 77.8 Å². The molecule has 0 heterocycles. The average molecular weight is 480 g/mol. The number of benzene rings is 1. The van der Waals surface area contributed by atoms with E-state index in [4.69, 9.17) is 13.6 Å². The van der Waals surface area contributed by atoms with E-state index >= 15 is 0 Å².